The minimum atomic E-state index is -3.66. The topological polar surface area (TPSA) is 126 Å². The molecule has 0 unspecified atom stereocenters. The van der Waals surface area contributed by atoms with E-state index in [1.807, 2.05) is 43.3 Å². The van der Waals surface area contributed by atoms with Crippen molar-refractivity contribution in [1.82, 2.24) is 4.90 Å². The second-order valence-corrected chi connectivity index (χ2v) is 20.0. The first-order valence-electron chi connectivity index (χ1n) is 19.9. The number of nitrogens with zero attached hydrogens (tertiary/aromatic N) is 3. The number of ether oxygens (including phenoxy) is 3. The summed E-state index contributed by atoms with van der Waals surface area (Å²) in [7, 11) is -2.33. The van der Waals surface area contributed by atoms with Crippen molar-refractivity contribution in [3.8, 4) is 11.5 Å². The summed E-state index contributed by atoms with van der Waals surface area (Å²) in [6.45, 7) is 5.34. The van der Waals surface area contributed by atoms with E-state index in [1.165, 1.54) is 7.11 Å². The molecular formula is C45H48FN3O8Si. The molecule has 4 heterocycles. The fraction of sp³-hybridized carbons (Fsp3) is 0.378. The van der Waals surface area contributed by atoms with Crippen LogP contribution >= 0.6 is 0 Å². The Hall–Kier alpha value is -5.37. The van der Waals surface area contributed by atoms with Crippen LogP contribution in [0.15, 0.2) is 91.0 Å². The number of aliphatic hydroxyl groups excluding tert-OH is 1. The fourth-order valence-corrected chi connectivity index (χ4v) is 12.1. The van der Waals surface area contributed by atoms with Crippen LogP contribution in [0, 0.1) is 5.92 Å². The number of halogens is 1. The number of amides is 3. The van der Waals surface area contributed by atoms with Crippen molar-refractivity contribution >= 4 is 49.2 Å². The number of unbranched alkanes of at least 4 members (excludes halogenated alkanes) is 1. The molecule has 4 aromatic rings. The number of hydrogen-bond donors (Lipinski definition) is 1. The van der Waals surface area contributed by atoms with Gasteiger partial charge < -0.3 is 33.2 Å². The van der Waals surface area contributed by atoms with Gasteiger partial charge in [0.15, 0.2) is 11.4 Å². The number of aliphatic hydroxyl groups is 1. The van der Waals surface area contributed by atoms with Gasteiger partial charge in [-0.1, -0.05) is 55.5 Å². The maximum absolute atomic E-state index is 16.9. The molecule has 302 valence electrons. The highest BCUT2D eigenvalue weighted by atomic mass is 28.4. The lowest BCUT2D eigenvalue weighted by atomic mass is 9.82. The van der Waals surface area contributed by atoms with E-state index in [4.69, 9.17) is 14.2 Å². The van der Waals surface area contributed by atoms with Crippen LogP contribution in [0.3, 0.4) is 0 Å². The van der Waals surface area contributed by atoms with Gasteiger partial charge in [-0.25, -0.2) is 0 Å². The first kappa shape index (κ1) is 39.5. The van der Waals surface area contributed by atoms with Gasteiger partial charge >= 0.3 is 5.97 Å². The van der Waals surface area contributed by atoms with E-state index in [0.717, 1.165) is 11.1 Å². The number of anilines is 3. The first-order chi connectivity index (χ1) is 27.9. The molecule has 1 spiro atoms. The van der Waals surface area contributed by atoms with Crippen molar-refractivity contribution in [1.29, 1.82) is 0 Å². The third-order valence-corrected chi connectivity index (χ3v) is 14.8. The van der Waals surface area contributed by atoms with E-state index in [0.29, 0.717) is 65.5 Å². The monoisotopic (exact) mass is 805 g/mol. The standard InChI is InChI=1S/C45H48FN3O8Si/c1-28-42(58(3,4)46)39(25-40(51)48-26-30-14-6-5-13-29(30)23-32(48)27-50)57-45(28)34-24-31(20-21-35(34)47(44(45)54)22-12-11-19-41(52)55-2)49-36-16-8-10-18-38(36)56-37-17-9-7-15-33(37)43(49)53/h5-10,13-18,20-21,24,28,32,39,42,50H,11-12,19,22-23,25-27H2,1-4H3/t28-,32-,39+,42-,45+/m0/s1. The summed E-state index contributed by atoms with van der Waals surface area (Å²) in [5.41, 5.74) is 1.96. The smallest absolute Gasteiger partial charge is 0.305 e. The average Bonchev–Trinajstić information content (AvgIpc) is 3.59. The van der Waals surface area contributed by atoms with Crippen LogP contribution in [0.25, 0.3) is 0 Å². The lowest BCUT2D eigenvalue weighted by Gasteiger charge is -2.37. The second-order valence-electron chi connectivity index (χ2n) is 16.2. The Morgan fingerprint density at radius 3 is 2.38 bits per heavy atom. The van der Waals surface area contributed by atoms with Crippen molar-refractivity contribution < 1.29 is 42.6 Å². The minimum Gasteiger partial charge on any atom is -0.469 e. The molecule has 0 aliphatic carbocycles. The van der Waals surface area contributed by atoms with Crippen LogP contribution in [-0.4, -0.2) is 74.5 Å². The third kappa shape index (κ3) is 6.68. The van der Waals surface area contributed by atoms with E-state index in [-0.39, 0.29) is 49.7 Å². The highest BCUT2D eigenvalue weighted by Crippen LogP contribution is 2.61. The quantitative estimate of drug-likeness (QED) is 0.0754. The molecule has 0 bridgehead atoms. The SMILES string of the molecule is COC(=O)CCCCN1C(=O)[C@]2(O[C@H](CC(=O)N3Cc4ccccc4C[C@H]3CO)[C@@H]([Si](C)(C)F)[C@@H]2C)c2cc(N3C(=O)c4ccccc4Oc4ccccc43)ccc21. The zero-order valence-electron chi connectivity index (χ0n) is 33.2. The van der Waals surface area contributed by atoms with E-state index in [9.17, 15) is 19.5 Å². The number of benzene rings is 4. The zero-order valence-corrected chi connectivity index (χ0v) is 34.2. The molecule has 0 radical (unpaired) electrons. The van der Waals surface area contributed by atoms with E-state index in [2.05, 4.69) is 0 Å². The molecule has 4 aromatic carbocycles. The van der Waals surface area contributed by atoms with Crippen molar-refractivity contribution in [2.24, 2.45) is 5.92 Å². The van der Waals surface area contributed by atoms with Crippen molar-refractivity contribution in [2.45, 2.75) is 82.0 Å². The summed E-state index contributed by atoms with van der Waals surface area (Å²) in [5.74, 6) is -1.16. The number of carbonyl (C=O) groups excluding carboxylic acids is 4. The van der Waals surface area contributed by atoms with Gasteiger partial charge in [0, 0.05) is 42.2 Å². The van der Waals surface area contributed by atoms with E-state index < -0.39 is 37.6 Å². The number of carbonyl (C=O) groups is 4. The highest BCUT2D eigenvalue weighted by molar-refractivity contribution is 6.72. The number of rotatable bonds is 10. The highest BCUT2D eigenvalue weighted by Gasteiger charge is 2.67. The summed E-state index contributed by atoms with van der Waals surface area (Å²) in [4.78, 5) is 60.8. The number of esters is 1. The maximum Gasteiger partial charge on any atom is 0.305 e. The Morgan fingerprint density at radius 2 is 1.64 bits per heavy atom. The molecular weight excluding hydrogens is 758 g/mol. The summed E-state index contributed by atoms with van der Waals surface area (Å²) in [5, 5.41) is 10.4. The molecule has 11 nitrogen and oxygen atoms in total. The Balaban J connectivity index is 1.21. The largest absolute Gasteiger partial charge is 0.469 e. The van der Waals surface area contributed by atoms with Crippen LogP contribution in [-0.2, 0) is 42.4 Å². The van der Waals surface area contributed by atoms with Gasteiger partial charge in [-0.3, -0.25) is 24.1 Å². The molecule has 4 aliphatic heterocycles. The van der Waals surface area contributed by atoms with Gasteiger partial charge in [0.2, 0.25) is 14.3 Å². The van der Waals surface area contributed by atoms with Crippen molar-refractivity contribution in [2.75, 3.05) is 30.1 Å². The Kier molecular flexibility index (Phi) is 10.5. The van der Waals surface area contributed by atoms with Crippen LogP contribution in [0.2, 0.25) is 18.6 Å². The summed E-state index contributed by atoms with van der Waals surface area (Å²) >= 11 is 0. The molecule has 1 fully saturated rings. The van der Waals surface area contributed by atoms with Crippen molar-refractivity contribution in [3.63, 3.8) is 0 Å². The summed E-state index contributed by atoms with van der Waals surface area (Å²) in [6.07, 6.45) is 0.499. The van der Waals surface area contributed by atoms with Gasteiger partial charge in [0.25, 0.3) is 11.8 Å². The number of para-hydroxylation sites is 3. The predicted octanol–water partition coefficient (Wildman–Crippen LogP) is 7.57. The van der Waals surface area contributed by atoms with Gasteiger partial charge in [0.05, 0.1) is 49.2 Å². The normalized spacial score (nSPS) is 23.5. The molecule has 3 amide bonds. The molecule has 8 rings (SSSR count). The minimum absolute atomic E-state index is 0.177. The van der Waals surface area contributed by atoms with Crippen LogP contribution in [0.4, 0.5) is 21.2 Å². The Morgan fingerprint density at radius 1 is 0.931 bits per heavy atom. The molecule has 58 heavy (non-hydrogen) atoms. The fourth-order valence-electron chi connectivity index (χ4n) is 9.63. The predicted molar refractivity (Wildman–Crippen MR) is 218 cm³/mol. The lowest BCUT2D eigenvalue weighted by Crippen LogP contribution is -2.48. The number of fused-ring (bicyclic) bond motifs is 5. The second kappa shape index (κ2) is 15.4. The molecule has 0 saturated carbocycles. The third-order valence-electron chi connectivity index (χ3n) is 12.4. The molecule has 1 N–H and O–H groups in total. The summed E-state index contributed by atoms with van der Waals surface area (Å²) < 4.78 is 34.9. The Bertz CT molecular complexity index is 2280. The molecule has 1 saturated heterocycles. The first-order valence-corrected chi connectivity index (χ1v) is 22.9. The molecule has 4 aliphatic rings. The van der Waals surface area contributed by atoms with Crippen LogP contribution in [0.1, 0.15) is 59.7 Å². The van der Waals surface area contributed by atoms with Crippen LogP contribution in [0.5, 0.6) is 11.5 Å². The summed E-state index contributed by atoms with van der Waals surface area (Å²) in [6, 6.07) is 27.0. The van der Waals surface area contributed by atoms with Gasteiger partial charge in [-0.2, -0.15) is 0 Å². The van der Waals surface area contributed by atoms with Crippen molar-refractivity contribution in [3.05, 3.63) is 113 Å². The zero-order chi connectivity index (χ0) is 40.9. The number of methoxy groups -OCH3 is 1. The van der Waals surface area contributed by atoms with Crippen LogP contribution < -0.4 is 14.5 Å². The number of hydrogen-bond acceptors (Lipinski definition) is 8. The van der Waals surface area contributed by atoms with Gasteiger partial charge in [0.1, 0.15) is 5.75 Å². The molecule has 0 aromatic heterocycles. The van der Waals surface area contributed by atoms with E-state index >= 15 is 8.90 Å². The van der Waals surface area contributed by atoms with E-state index in [1.54, 1.807) is 82.4 Å². The lowest BCUT2D eigenvalue weighted by molar-refractivity contribution is -0.151. The maximum atomic E-state index is 16.9. The Labute approximate surface area is 338 Å². The average molecular weight is 806 g/mol. The molecule has 13 heteroatoms. The van der Waals surface area contributed by atoms with Gasteiger partial charge in [-0.15, -0.1) is 0 Å². The molecule has 5 atom stereocenters. The van der Waals surface area contributed by atoms with Gasteiger partial charge in [-0.05, 0) is 85.9 Å².